The number of rotatable bonds is 6. The maximum absolute atomic E-state index is 14.3. The summed E-state index contributed by atoms with van der Waals surface area (Å²) in [5.41, 5.74) is -9.15. The lowest BCUT2D eigenvalue weighted by atomic mass is 9.84. The third-order valence-electron chi connectivity index (χ3n) is 5.84. The first kappa shape index (κ1) is 31.3. The van der Waals surface area contributed by atoms with Crippen LogP contribution in [0.5, 0.6) is 0 Å². The fourth-order valence-electron chi connectivity index (χ4n) is 3.78. The maximum Gasteiger partial charge on any atom is 0.435 e. The molecule has 4 nitrogen and oxygen atoms in total. The fourth-order valence-corrected chi connectivity index (χ4v) is 5.58. The van der Waals surface area contributed by atoms with Crippen molar-refractivity contribution < 1.29 is 49.1 Å². The van der Waals surface area contributed by atoms with Gasteiger partial charge in [0.2, 0.25) is 5.91 Å². The van der Waals surface area contributed by atoms with Gasteiger partial charge in [-0.1, -0.05) is 22.8 Å². The number of carbonyl (C=O) groups excluding carboxylic acids is 1. The third kappa shape index (κ3) is 6.24. The number of anilines is 1. The van der Waals surface area contributed by atoms with Crippen molar-refractivity contribution in [2.24, 2.45) is 5.16 Å². The van der Waals surface area contributed by atoms with Crippen molar-refractivity contribution >= 4 is 52.4 Å². The number of hydrogen-bond donors (Lipinski definition) is 0. The SMILES string of the molecule is CSC(SC)C(=O)N(C)c1ccc(C2=NOC(c3cc(C(F)(F)F)cc(C(F)(F)F)c3)(C(F)(F)F)C2)cc1Cl. The molecule has 1 heterocycles. The summed E-state index contributed by atoms with van der Waals surface area (Å²) in [7, 11) is 1.44. The number of halogens is 10. The number of hydrogen-bond acceptors (Lipinski definition) is 5. The van der Waals surface area contributed by atoms with Crippen molar-refractivity contribution in [3.63, 3.8) is 0 Å². The van der Waals surface area contributed by atoms with Crippen LogP contribution in [0.4, 0.5) is 45.2 Å². The molecule has 0 aliphatic carbocycles. The maximum atomic E-state index is 14.3. The highest BCUT2D eigenvalue weighted by atomic mass is 35.5. The Bertz CT molecular complexity index is 1250. The Morgan fingerprint density at radius 3 is 1.95 bits per heavy atom. The van der Waals surface area contributed by atoms with Crippen LogP contribution in [0.25, 0.3) is 0 Å². The van der Waals surface area contributed by atoms with E-state index in [1.165, 1.54) is 53.7 Å². The average Bonchev–Trinajstić information content (AvgIpc) is 3.30. The van der Waals surface area contributed by atoms with E-state index in [1.807, 2.05) is 0 Å². The summed E-state index contributed by atoms with van der Waals surface area (Å²) in [5, 5.41) is 3.32. The summed E-state index contributed by atoms with van der Waals surface area (Å²) in [6.07, 6.45) is -14.0. The Morgan fingerprint density at radius 1 is 0.974 bits per heavy atom. The second-order valence-electron chi connectivity index (χ2n) is 8.29. The fraction of sp³-hybridized carbons (Fsp3) is 0.391. The van der Waals surface area contributed by atoms with Crippen LogP contribution in [0.2, 0.25) is 5.02 Å². The van der Waals surface area contributed by atoms with Crippen LogP contribution in [0.3, 0.4) is 0 Å². The van der Waals surface area contributed by atoms with Gasteiger partial charge >= 0.3 is 18.5 Å². The van der Waals surface area contributed by atoms with Gasteiger partial charge in [-0.15, -0.1) is 23.5 Å². The number of amides is 1. The van der Waals surface area contributed by atoms with Crippen molar-refractivity contribution in [3.8, 4) is 0 Å². The summed E-state index contributed by atoms with van der Waals surface area (Å²) < 4.78 is 122. The first-order valence-corrected chi connectivity index (χ1v) is 13.6. The zero-order valence-corrected chi connectivity index (χ0v) is 22.4. The van der Waals surface area contributed by atoms with Gasteiger partial charge in [0.05, 0.1) is 27.5 Å². The molecule has 2 aromatic rings. The summed E-state index contributed by atoms with van der Waals surface area (Å²) in [6, 6.07) is 3.42. The van der Waals surface area contributed by atoms with Crippen molar-refractivity contribution in [2.45, 2.75) is 35.1 Å². The zero-order valence-electron chi connectivity index (χ0n) is 20.1. The van der Waals surface area contributed by atoms with E-state index in [0.717, 1.165) is 0 Å². The van der Waals surface area contributed by atoms with Gasteiger partial charge in [-0.05, 0) is 42.8 Å². The molecule has 16 heteroatoms. The predicted molar refractivity (Wildman–Crippen MR) is 132 cm³/mol. The molecule has 1 aliphatic rings. The van der Waals surface area contributed by atoms with Crippen LogP contribution in [-0.2, 0) is 27.6 Å². The van der Waals surface area contributed by atoms with E-state index >= 15 is 0 Å². The summed E-state index contributed by atoms with van der Waals surface area (Å²) in [6.45, 7) is 0. The van der Waals surface area contributed by atoms with Gasteiger partial charge < -0.3 is 9.74 Å². The second kappa shape index (κ2) is 11.0. The number of alkyl halides is 9. The molecular weight excluding hydrogens is 607 g/mol. The number of nitrogens with zero attached hydrogens (tertiary/aromatic N) is 2. The molecule has 0 radical (unpaired) electrons. The Hall–Kier alpha value is -2.26. The molecule has 0 fully saturated rings. The molecule has 0 saturated carbocycles. The molecule has 3 rings (SSSR count). The minimum atomic E-state index is -5.47. The van der Waals surface area contributed by atoms with Crippen molar-refractivity contribution in [2.75, 3.05) is 24.5 Å². The van der Waals surface area contributed by atoms with E-state index in [1.54, 1.807) is 12.5 Å². The number of oxime groups is 1. The van der Waals surface area contributed by atoms with Crippen LogP contribution in [-0.4, -0.2) is 41.9 Å². The lowest BCUT2D eigenvalue weighted by Crippen LogP contribution is -2.43. The quantitative estimate of drug-likeness (QED) is 0.242. The highest BCUT2D eigenvalue weighted by Gasteiger charge is 2.63. The lowest BCUT2D eigenvalue weighted by Gasteiger charge is -2.30. The van der Waals surface area contributed by atoms with E-state index in [4.69, 9.17) is 11.6 Å². The molecule has 0 spiro atoms. The average molecular weight is 625 g/mol. The molecular formula is C23H18ClF9N2O2S2. The van der Waals surface area contributed by atoms with E-state index in [2.05, 4.69) is 9.99 Å². The van der Waals surface area contributed by atoms with Gasteiger partial charge in [0.15, 0.2) is 0 Å². The summed E-state index contributed by atoms with van der Waals surface area (Å²) >= 11 is 8.84. The molecule has 0 bridgehead atoms. The van der Waals surface area contributed by atoms with Crippen LogP contribution in [0.15, 0.2) is 41.6 Å². The predicted octanol–water partition coefficient (Wildman–Crippen LogP) is 7.97. The minimum Gasteiger partial charge on any atom is -0.374 e. The highest BCUT2D eigenvalue weighted by Crippen LogP contribution is 2.51. The van der Waals surface area contributed by atoms with Gasteiger partial charge in [0.1, 0.15) is 4.58 Å². The van der Waals surface area contributed by atoms with Crippen molar-refractivity contribution in [3.05, 3.63) is 63.7 Å². The van der Waals surface area contributed by atoms with Crippen molar-refractivity contribution in [1.82, 2.24) is 0 Å². The minimum absolute atomic E-state index is 0.0360. The Balaban J connectivity index is 2.04. The third-order valence-corrected chi connectivity index (χ3v) is 8.56. The van der Waals surface area contributed by atoms with Gasteiger partial charge in [-0.3, -0.25) is 4.79 Å². The lowest BCUT2D eigenvalue weighted by molar-refractivity contribution is -0.276. The number of benzene rings is 2. The molecule has 214 valence electrons. The van der Waals surface area contributed by atoms with Gasteiger partial charge in [-0.25, -0.2) is 0 Å². The van der Waals surface area contributed by atoms with E-state index in [-0.39, 0.29) is 40.4 Å². The van der Waals surface area contributed by atoms with E-state index in [0.29, 0.717) is 0 Å². The van der Waals surface area contributed by atoms with E-state index < -0.39 is 57.5 Å². The molecule has 1 aliphatic heterocycles. The Morgan fingerprint density at radius 2 is 1.51 bits per heavy atom. The highest BCUT2D eigenvalue weighted by molar-refractivity contribution is 8.17. The monoisotopic (exact) mass is 624 g/mol. The Labute approximate surface area is 229 Å². The van der Waals surface area contributed by atoms with Crippen molar-refractivity contribution in [1.29, 1.82) is 0 Å². The molecule has 1 amide bonds. The zero-order chi connectivity index (χ0) is 29.6. The van der Waals surface area contributed by atoms with Crippen LogP contribution < -0.4 is 4.90 Å². The first-order valence-electron chi connectivity index (χ1n) is 10.6. The standard InChI is InChI=1S/C23H18ClF9N2O2S2/c1-35(18(36)19(38-2)39-3)17-5-4-11(6-15(17)24)16-10-20(37-34-16,23(31,32)33)12-7-13(21(25,26)27)9-14(8-12)22(28,29)30/h4-9,19H,10H2,1-3H3. The summed E-state index contributed by atoms with van der Waals surface area (Å²) in [5.74, 6) is -0.313. The first-order chi connectivity index (χ1) is 17.9. The molecule has 39 heavy (non-hydrogen) atoms. The van der Waals surface area contributed by atoms with Gasteiger partial charge in [0.25, 0.3) is 5.60 Å². The second-order valence-corrected chi connectivity index (χ2v) is 10.9. The Kier molecular flexibility index (Phi) is 8.79. The largest absolute Gasteiger partial charge is 0.435 e. The van der Waals surface area contributed by atoms with Gasteiger partial charge in [-0.2, -0.15) is 39.5 Å². The number of thioether (sulfide) groups is 2. The smallest absolute Gasteiger partial charge is 0.374 e. The number of carbonyl (C=O) groups is 1. The van der Waals surface area contributed by atoms with Crippen LogP contribution in [0, 0.1) is 0 Å². The molecule has 0 aromatic heterocycles. The van der Waals surface area contributed by atoms with Gasteiger partial charge in [0, 0.05) is 24.6 Å². The van der Waals surface area contributed by atoms with Crippen LogP contribution >= 0.6 is 35.1 Å². The normalized spacial score (nSPS) is 18.3. The molecule has 0 N–H and O–H groups in total. The topological polar surface area (TPSA) is 41.9 Å². The summed E-state index contributed by atoms with van der Waals surface area (Å²) in [4.78, 5) is 18.5. The molecule has 2 aromatic carbocycles. The van der Waals surface area contributed by atoms with Crippen LogP contribution in [0.1, 0.15) is 28.7 Å². The molecule has 1 unspecified atom stereocenters. The molecule has 1 atom stereocenters. The molecule has 0 saturated heterocycles. The van der Waals surface area contributed by atoms with E-state index in [9.17, 15) is 44.3 Å².